The van der Waals surface area contributed by atoms with Crippen molar-refractivity contribution in [3.8, 4) is 5.75 Å². The smallest absolute Gasteiger partial charge is 0.270 e. The number of nitrogens with zero attached hydrogens (tertiary/aromatic N) is 2. The Morgan fingerprint density at radius 2 is 2.00 bits per heavy atom. The monoisotopic (exact) mass is 438 g/mol. The summed E-state index contributed by atoms with van der Waals surface area (Å²) in [5.74, 6) is -0.283. The minimum Gasteiger partial charge on any atom is -0.467 e. The predicted octanol–water partition coefficient (Wildman–Crippen LogP) is 3.84. The van der Waals surface area contributed by atoms with Gasteiger partial charge in [0.15, 0.2) is 6.79 Å². The second-order valence-corrected chi connectivity index (χ2v) is 9.32. The van der Waals surface area contributed by atoms with Gasteiger partial charge in [-0.2, -0.15) is 4.31 Å². The highest BCUT2D eigenvalue weighted by Gasteiger charge is 2.30. The molecule has 0 unspecified atom stereocenters. The first-order valence-electron chi connectivity index (χ1n) is 9.45. The lowest BCUT2D eigenvalue weighted by Gasteiger charge is -2.26. The molecule has 1 heterocycles. The number of hydrogen-bond acceptors (Lipinski definition) is 6. The Labute approximate surface area is 174 Å². The van der Waals surface area contributed by atoms with E-state index in [0.29, 0.717) is 23.3 Å². The van der Waals surface area contributed by atoms with E-state index in [1.54, 1.807) is 0 Å². The molecule has 0 spiro atoms. The molecule has 2 aromatic carbocycles. The largest absolute Gasteiger partial charge is 0.467 e. The summed E-state index contributed by atoms with van der Waals surface area (Å²) in [6.45, 7) is 3.92. The fraction of sp³-hybridized carbons (Fsp3) is 0.400. The molecule has 0 aromatic heterocycles. The first-order valence-corrected chi connectivity index (χ1v) is 10.9. The van der Waals surface area contributed by atoms with Crippen molar-refractivity contribution >= 4 is 15.7 Å². The van der Waals surface area contributed by atoms with Gasteiger partial charge in [-0.1, -0.05) is 26.0 Å². The molecule has 0 saturated heterocycles. The number of hydrogen-bond donors (Lipinski definition) is 0. The Hall–Kier alpha value is -2.56. The van der Waals surface area contributed by atoms with Gasteiger partial charge in [0, 0.05) is 36.3 Å². The van der Waals surface area contributed by atoms with Gasteiger partial charge in [-0.15, -0.1) is 0 Å². The molecule has 0 radical (unpaired) electrons. The van der Waals surface area contributed by atoms with Crippen LogP contribution in [0.2, 0.25) is 0 Å². The van der Waals surface area contributed by atoms with Crippen molar-refractivity contribution in [2.45, 2.75) is 38.3 Å². The van der Waals surface area contributed by atoms with E-state index in [-0.39, 0.29) is 38.1 Å². The van der Waals surface area contributed by atoms with Crippen LogP contribution in [0.1, 0.15) is 31.4 Å². The number of nitro groups is 1. The lowest BCUT2D eigenvalue weighted by atomic mass is 10.1. The van der Waals surface area contributed by atoms with Crippen molar-refractivity contribution in [1.82, 2.24) is 4.31 Å². The Morgan fingerprint density at radius 3 is 2.67 bits per heavy atom. The summed E-state index contributed by atoms with van der Waals surface area (Å²) < 4.78 is 52.6. The van der Waals surface area contributed by atoms with Crippen molar-refractivity contribution in [2.75, 3.05) is 13.3 Å². The fourth-order valence-corrected chi connectivity index (χ4v) is 4.67. The second-order valence-electron chi connectivity index (χ2n) is 7.41. The fourth-order valence-electron chi connectivity index (χ4n) is 3.17. The minimum absolute atomic E-state index is 0.0378. The van der Waals surface area contributed by atoms with Crippen molar-refractivity contribution in [2.24, 2.45) is 5.92 Å². The van der Waals surface area contributed by atoms with Crippen molar-refractivity contribution in [1.29, 1.82) is 0 Å². The third-order valence-corrected chi connectivity index (χ3v) is 6.62. The molecular weight excluding hydrogens is 415 g/mol. The van der Waals surface area contributed by atoms with Crippen LogP contribution in [0.5, 0.6) is 5.75 Å². The normalized spacial score (nSPS) is 13.9. The van der Waals surface area contributed by atoms with E-state index < -0.39 is 25.7 Å². The molecule has 2 aromatic rings. The SMILES string of the molecule is CC(C)CCN(Cc1cc([N+](=O)[O-])cc2c1OCOC2)S(=O)(=O)c1ccccc1F. The molecule has 0 N–H and O–H groups in total. The average Bonchev–Trinajstić information content (AvgIpc) is 2.70. The Morgan fingerprint density at radius 1 is 1.27 bits per heavy atom. The summed E-state index contributed by atoms with van der Waals surface area (Å²) >= 11 is 0. The highest BCUT2D eigenvalue weighted by atomic mass is 32.2. The highest BCUT2D eigenvalue weighted by molar-refractivity contribution is 7.89. The van der Waals surface area contributed by atoms with Crippen molar-refractivity contribution < 1.29 is 27.2 Å². The molecule has 0 fully saturated rings. The first kappa shape index (κ1) is 22.1. The number of benzene rings is 2. The molecule has 1 aliphatic heterocycles. The van der Waals surface area contributed by atoms with Gasteiger partial charge in [0.1, 0.15) is 16.5 Å². The average molecular weight is 438 g/mol. The Balaban J connectivity index is 2.05. The van der Waals surface area contributed by atoms with E-state index in [4.69, 9.17) is 9.47 Å². The number of fused-ring (bicyclic) bond motifs is 1. The molecule has 10 heteroatoms. The maximum absolute atomic E-state index is 14.3. The molecule has 8 nitrogen and oxygen atoms in total. The molecule has 0 saturated carbocycles. The van der Waals surface area contributed by atoms with Crippen molar-refractivity contribution in [3.63, 3.8) is 0 Å². The van der Waals surface area contributed by atoms with E-state index in [1.807, 2.05) is 13.8 Å². The third kappa shape index (κ3) is 4.77. The van der Waals surface area contributed by atoms with E-state index in [9.17, 15) is 22.9 Å². The number of non-ortho nitro benzene ring substituents is 1. The van der Waals surface area contributed by atoms with Crippen LogP contribution in [0.15, 0.2) is 41.3 Å². The van der Waals surface area contributed by atoms with E-state index in [2.05, 4.69) is 0 Å². The highest BCUT2D eigenvalue weighted by Crippen LogP contribution is 2.34. The molecule has 162 valence electrons. The number of halogens is 1. The van der Waals surface area contributed by atoms with E-state index >= 15 is 0 Å². The Kier molecular flexibility index (Phi) is 6.69. The summed E-state index contributed by atoms with van der Waals surface area (Å²) in [6, 6.07) is 7.80. The molecule has 30 heavy (non-hydrogen) atoms. The van der Waals surface area contributed by atoms with Crippen LogP contribution in [0.25, 0.3) is 0 Å². The van der Waals surface area contributed by atoms with E-state index in [0.717, 1.165) is 10.4 Å². The van der Waals surface area contributed by atoms with Gasteiger partial charge in [0.05, 0.1) is 11.5 Å². The summed E-state index contributed by atoms with van der Waals surface area (Å²) in [5, 5.41) is 11.3. The molecule has 1 aliphatic rings. The van der Waals surface area contributed by atoms with Gasteiger partial charge in [-0.05, 0) is 24.5 Å². The Bertz CT molecular complexity index is 1040. The van der Waals surface area contributed by atoms with Crippen LogP contribution in [0.3, 0.4) is 0 Å². The summed E-state index contributed by atoms with van der Waals surface area (Å²) in [5.41, 5.74) is 0.619. The molecular formula is C20H23FN2O6S. The molecule has 0 amide bonds. The van der Waals surface area contributed by atoms with Crippen LogP contribution >= 0.6 is 0 Å². The number of rotatable bonds is 8. The zero-order chi connectivity index (χ0) is 21.9. The number of sulfonamides is 1. The molecule has 0 aliphatic carbocycles. The zero-order valence-corrected chi connectivity index (χ0v) is 17.5. The topological polar surface area (TPSA) is 99.0 Å². The summed E-state index contributed by atoms with van der Waals surface area (Å²) in [6.07, 6.45) is 0.536. The van der Waals surface area contributed by atoms with Crippen LogP contribution in [-0.2, 0) is 27.9 Å². The van der Waals surface area contributed by atoms with Crippen molar-refractivity contribution in [3.05, 3.63) is 63.5 Å². The zero-order valence-electron chi connectivity index (χ0n) is 16.7. The number of nitro benzene ring substituents is 1. The third-order valence-electron chi connectivity index (χ3n) is 4.74. The first-order chi connectivity index (χ1) is 14.2. The molecule has 0 bridgehead atoms. The van der Waals surface area contributed by atoms with Gasteiger partial charge in [0.2, 0.25) is 10.0 Å². The lowest BCUT2D eigenvalue weighted by molar-refractivity contribution is -0.385. The predicted molar refractivity (Wildman–Crippen MR) is 107 cm³/mol. The van der Waals surface area contributed by atoms with E-state index in [1.165, 1.54) is 30.3 Å². The van der Waals surface area contributed by atoms with Crippen LogP contribution in [0.4, 0.5) is 10.1 Å². The van der Waals surface area contributed by atoms with Crippen LogP contribution < -0.4 is 4.74 Å². The summed E-state index contributed by atoms with van der Waals surface area (Å²) in [7, 11) is -4.18. The standard InChI is InChI=1S/C20H23FN2O6S/c1-14(2)7-8-22(30(26,27)19-6-4-3-5-18(19)21)11-15-9-17(23(24)25)10-16-12-28-13-29-20(15)16/h3-6,9-10,14H,7-8,11-13H2,1-2H3. The van der Waals surface area contributed by atoms with Gasteiger partial charge >= 0.3 is 0 Å². The van der Waals surface area contributed by atoms with Crippen LogP contribution in [-0.4, -0.2) is 31.0 Å². The van der Waals surface area contributed by atoms with Gasteiger partial charge in [-0.3, -0.25) is 10.1 Å². The number of ether oxygens (including phenoxy) is 2. The maximum atomic E-state index is 14.3. The van der Waals surface area contributed by atoms with Gasteiger partial charge in [-0.25, -0.2) is 12.8 Å². The van der Waals surface area contributed by atoms with Gasteiger partial charge in [0.25, 0.3) is 5.69 Å². The lowest BCUT2D eigenvalue weighted by Crippen LogP contribution is -2.33. The summed E-state index contributed by atoms with van der Waals surface area (Å²) in [4.78, 5) is 10.4. The maximum Gasteiger partial charge on any atom is 0.270 e. The quantitative estimate of drug-likeness (QED) is 0.459. The minimum atomic E-state index is -4.18. The second kappa shape index (κ2) is 9.07. The molecule has 3 rings (SSSR count). The molecule has 0 atom stereocenters. The van der Waals surface area contributed by atoms with Gasteiger partial charge < -0.3 is 9.47 Å². The van der Waals surface area contributed by atoms with Crippen LogP contribution in [0, 0.1) is 21.8 Å².